The number of hydrogen-bond donors (Lipinski definition) is 1. The molecule has 0 radical (unpaired) electrons. The molecule has 0 bridgehead atoms. The van der Waals surface area contributed by atoms with Gasteiger partial charge < -0.3 is 5.73 Å². The molecule has 0 fully saturated rings. The number of halogens is 2. The van der Waals surface area contributed by atoms with Gasteiger partial charge >= 0.3 is 0 Å². The lowest BCUT2D eigenvalue weighted by molar-refractivity contribution is -0.117. The highest BCUT2D eigenvalue weighted by Crippen LogP contribution is 2.35. The Morgan fingerprint density at radius 2 is 1.83 bits per heavy atom. The van der Waals surface area contributed by atoms with Crippen molar-refractivity contribution in [2.45, 2.75) is 25.8 Å². The highest BCUT2D eigenvalue weighted by molar-refractivity contribution is 6.36. The van der Waals surface area contributed by atoms with Crippen LogP contribution in [0.4, 0.5) is 0 Å². The van der Waals surface area contributed by atoms with Gasteiger partial charge in [0, 0.05) is 44.4 Å². The molecule has 5 nitrogen and oxygen atoms in total. The highest BCUT2D eigenvalue weighted by atomic mass is 35.5. The van der Waals surface area contributed by atoms with Gasteiger partial charge in [-0.15, -0.1) is 0 Å². The van der Waals surface area contributed by atoms with Gasteiger partial charge in [0.25, 0.3) is 0 Å². The largest absolute Gasteiger partial charge is 0.369 e. The molecular weight excluding hydrogens is 479 g/mol. The van der Waals surface area contributed by atoms with Gasteiger partial charge in [-0.2, -0.15) is 0 Å². The Hall–Kier alpha value is -3.54. The Balaban J connectivity index is 1.60. The summed E-state index contributed by atoms with van der Waals surface area (Å²) in [5.74, 6) is 0.235. The van der Waals surface area contributed by atoms with Crippen LogP contribution in [-0.2, 0) is 17.8 Å². The minimum atomic E-state index is -0.360. The molecule has 1 aromatic heterocycles. The van der Waals surface area contributed by atoms with E-state index in [1.807, 2.05) is 72.9 Å². The predicted molar refractivity (Wildman–Crippen MR) is 140 cm³/mol. The van der Waals surface area contributed by atoms with E-state index < -0.39 is 0 Å². The van der Waals surface area contributed by atoms with Crippen molar-refractivity contribution in [3.63, 3.8) is 0 Å². The van der Waals surface area contributed by atoms with E-state index in [4.69, 9.17) is 38.9 Å². The van der Waals surface area contributed by atoms with Crippen LogP contribution < -0.4 is 5.73 Å². The number of aromatic nitrogens is 2. The summed E-state index contributed by atoms with van der Waals surface area (Å²) < 4.78 is 0. The molecule has 4 aromatic rings. The van der Waals surface area contributed by atoms with Crippen molar-refractivity contribution >= 4 is 34.8 Å². The van der Waals surface area contributed by atoms with Gasteiger partial charge in [0.05, 0.1) is 24.4 Å². The summed E-state index contributed by atoms with van der Waals surface area (Å²) >= 11 is 12.9. The monoisotopic (exact) mass is 500 g/mol. The van der Waals surface area contributed by atoms with Crippen molar-refractivity contribution in [1.29, 1.82) is 0 Å². The lowest BCUT2D eigenvalue weighted by Gasteiger charge is -2.16. The zero-order chi connectivity index (χ0) is 24.5. The fourth-order valence-corrected chi connectivity index (χ4v) is 4.75. The van der Waals surface area contributed by atoms with E-state index in [-0.39, 0.29) is 18.2 Å². The molecule has 7 heteroatoms. The summed E-state index contributed by atoms with van der Waals surface area (Å²) in [6.45, 7) is 2.47. The molecule has 5 rings (SSSR count). The standard InChI is InChI=1S/C28H22Cl2N4O/c1-16(18-6-4-5-17(11-18)12-25(31)35)28-33-15-19-14-32-27(22-7-2-3-8-24(22)30)23-13-20(29)9-10-21(23)26(19)34-28/h2-11,13,15-16H,12,14H2,1H3,(H2,31,35)/t16-/m0/s1. The van der Waals surface area contributed by atoms with Gasteiger partial charge in [0.2, 0.25) is 5.91 Å². The number of amides is 1. The summed E-state index contributed by atoms with van der Waals surface area (Å²) in [5, 5.41) is 1.24. The molecule has 0 saturated heterocycles. The summed E-state index contributed by atoms with van der Waals surface area (Å²) in [5.41, 5.74) is 12.4. The molecule has 35 heavy (non-hydrogen) atoms. The molecule has 0 unspecified atom stereocenters. The van der Waals surface area contributed by atoms with Crippen molar-refractivity contribution < 1.29 is 4.79 Å². The maximum absolute atomic E-state index is 11.4. The Morgan fingerprint density at radius 1 is 1.00 bits per heavy atom. The van der Waals surface area contributed by atoms with Crippen LogP contribution in [-0.4, -0.2) is 21.6 Å². The van der Waals surface area contributed by atoms with Crippen LogP contribution in [0.1, 0.15) is 46.5 Å². The maximum Gasteiger partial charge on any atom is 0.221 e. The SMILES string of the molecule is C[C@@H](c1cccc(CC(N)=O)c1)c1ncc2c(n1)-c1ccc(Cl)cc1C(c1ccccc1Cl)=NC2. The quantitative estimate of drug-likeness (QED) is 0.365. The van der Waals surface area contributed by atoms with Gasteiger partial charge in [-0.1, -0.05) is 78.7 Å². The molecule has 0 saturated carbocycles. The van der Waals surface area contributed by atoms with E-state index in [1.54, 1.807) is 0 Å². The molecule has 0 spiro atoms. The van der Waals surface area contributed by atoms with E-state index in [2.05, 4.69) is 11.9 Å². The Labute approximate surface area is 213 Å². The minimum Gasteiger partial charge on any atom is -0.369 e. The normalized spacial score (nSPS) is 13.3. The van der Waals surface area contributed by atoms with E-state index >= 15 is 0 Å². The van der Waals surface area contributed by atoms with E-state index in [0.717, 1.165) is 44.8 Å². The molecule has 0 aliphatic carbocycles. The van der Waals surface area contributed by atoms with Gasteiger partial charge in [0.15, 0.2) is 0 Å². The topological polar surface area (TPSA) is 81.2 Å². The van der Waals surface area contributed by atoms with Crippen LogP contribution in [0.2, 0.25) is 10.0 Å². The average Bonchev–Trinajstić information content (AvgIpc) is 3.00. The lowest BCUT2D eigenvalue weighted by atomic mass is 9.94. The van der Waals surface area contributed by atoms with Crippen molar-refractivity contribution in [3.8, 4) is 11.3 Å². The first-order chi connectivity index (χ1) is 16.9. The third-order valence-corrected chi connectivity index (χ3v) is 6.69. The number of nitrogens with two attached hydrogens (primary N) is 1. The average molecular weight is 501 g/mol. The van der Waals surface area contributed by atoms with Crippen molar-refractivity contribution in [3.05, 3.63) is 117 Å². The van der Waals surface area contributed by atoms with Crippen LogP contribution in [0.3, 0.4) is 0 Å². The van der Waals surface area contributed by atoms with Crippen LogP contribution in [0.15, 0.2) is 77.9 Å². The molecule has 1 atom stereocenters. The minimum absolute atomic E-state index is 0.0870. The van der Waals surface area contributed by atoms with Crippen LogP contribution in [0.5, 0.6) is 0 Å². The molecule has 2 heterocycles. The molecular formula is C28H22Cl2N4O. The fourth-order valence-electron chi connectivity index (χ4n) is 4.35. The van der Waals surface area contributed by atoms with Crippen LogP contribution in [0.25, 0.3) is 11.3 Å². The molecule has 1 aliphatic rings. The Kier molecular flexibility index (Phi) is 6.37. The second kappa shape index (κ2) is 9.61. The van der Waals surface area contributed by atoms with Crippen molar-refractivity contribution in [2.75, 3.05) is 0 Å². The highest BCUT2D eigenvalue weighted by Gasteiger charge is 2.24. The van der Waals surface area contributed by atoms with Crippen LogP contribution >= 0.6 is 23.2 Å². The maximum atomic E-state index is 11.4. The van der Waals surface area contributed by atoms with Gasteiger partial charge in [0.1, 0.15) is 5.82 Å². The number of carbonyl (C=O) groups excluding carboxylic acids is 1. The zero-order valence-electron chi connectivity index (χ0n) is 19.0. The summed E-state index contributed by atoms with van der Waals surface area (Å²) in [6, 6.07) is 21.2. The number of rotatable bonds is 5. The first-order valence-electron chi connectivity index (χ1n) is 11.2. The molecule has 1 aliphatic heterocycles. The Bertz CT molecular complexity index is 1480. The van der Waals surface area contributed by atoms with Gasteiger partial charge in [-0.05, 0) is 29.3 Å². The number of carbonyl (C=O) groups is 1. The smallest absolute Gasteiger partial charge is 0.221 e. The second-order valence-electron chi connectivity index (χ2n) is 8.55. The summed E-state index contributed by atoms with van der Waals surface area (Å²) in [7, 11) is 0. The first kappa shape index (κ1) is 23.2. The fraction of sp³-hybridized carbons (Fsp3) is 0.143. The number of fused-ring (bicyclic) bond motifs is 3. The van der Waals surface area contributed by atoms with Crippen molar-refractivity contribution in [1.82, 2.24) is 9.97 Å². The number of aliphatic imine (C=N–C) groups is 1. The second-order valence-corrected chi connectivity index (χ2v) is 9.39. The number of nitrogens with zero attached hydrogens (tertiary/aromatic N) is 3. The number of primary amides is 1. The third-order valence-electron chi connectivity index (χ3n) is 6.13. The van der Waals surface area contributed by atoms with E-state index in [1.165, 1.54) is 0 Å². The third kappa shape index (κ3) is 4.70. The zero-order valence-corrected chi connectivity index (χ0v) is 20.5. The lowest BCUT2D eigenvalue weighted by Crippen LogP contribution is -2.14. The predicted octanol–water partition coefficient (Wildman–Crippen LogP) is 5.98. The number of benzene rings is 3. The van der Waals surface area contributed by atoms with Crippen LogP contribution in [0, 0.1) is 0 Å². The first-order valence-corrected chi connectivity index (χ1v) is 12.0. The Morgan fingerprint density at radius 3 is 2.63 bits per heavy atom. The number of hydrogen-bond acceptors (Lipinski definition) is 4. The molecule has 1 amide bonds. The van der Waals surface area contributed by atoms with E-state index in [0.29, 0.717) is 22.4 Å². The molecule has 2 N–H and O–H groups in total. The molecule has 3 aromatic carbocycles. The van der Waals surface area contributed by atoms with Crippen molar-refractivity contribution in [2.24, 2.45) is 10.7 Å². The summed E-state index contributed by atoms with van der Waals surface area (Å²) in [6.07, 6.45) is 2.04. The van der Waals surface area contributed by atoms with Gasteiger partial charge in [-0.25, -0.2) is 9.97 Å². The van der Waals surface area contributed by atoms with Gasteiger partial charge in [-0.3, -0.25) is 9.79 Å². The summed E-state index contributed by atoms with van der Waals surface area (Å²) in [4.78, 5) is 26.0. The van der Waals surface area contributed by atoms with E-state index in [9.17, 15) is 4.79 Å². The molecule has 174 valence electrons.